The van der Waals surface area contributed by atoms with Crippen molar-refractivity contribution < 1.29 is 14.7 Å². The monoisotopic (exact) mass is 233 g/mol. The number of hydrazone groups is 1. The summed E-state index contributed by atoms with van der Waals surface area (Å²) in [6.45, 7) is 1.59. The van der Waals surface area contributed by atoms with Gasteiger partial charge in [0, 0.05) is 5.56 Å². The van der Waals surface area contributed by atoms with Gasteiger partial charge in [0.25, 0.3) is 11.8 Å². The maximum atomic E-state index is 11.9. The highest BCUT2D eigenvalue weighted by molar-refractivity contribution is 6.18. The minimum absolute atomic E-state index is 0.0469. The summed E-state index contributed by atoms with van der Waals surface area (Å²) in [5.74, 6) is -1.05. The van der Waals surface area contributed by atoms with Gasteiger partial charge in [0.2, 0.25) is 0 Å². The highest BCUT2D eigenvalue weighted by atomic mass is 16.3. The summed E-state index contributed by atoms with van der Waals surface area (Å²) in [6.07, 6.45) is 0. The van der Waals surface area contributed by atoms with E-state index in [1.165, 1.54) is 24.3 Å². The van der Waals surface area contributed by atoms with Crippen LogP contribution in [0.2, 0.25) is 0 Å². The van der Waals surface area contributed by atoms with Crippen LogP contribution in [0.1, 0.15) is 17.3 Å². The fourth-order valence-corrected chi connectivity index (χ4v) is 1.45. The van der Waals surface area contributed by atoms with Gasteiger partial charge in [0.05, 0.1) is 5.71 Å². The van der Waals surface area contributed by atoms with Crippen molar-refractivity contribution in [2.24, 2.45) is 10.8 Å². The number of phenolic OH excluding ortho intramolecular Hbond substituents is 1. The van der Waals surface area contributed by atoms with Gasteiger partial charge < -0.3 is 10.8 Å². The van der Waals surface area contributed by atoms with Gasteiger partial charge in [0.15, 0.2) is 0 Å². The van der Waals surface area contributed by atoms with E-state index in [1.54, 1.807) is 6.92 Å². The van der Waals surface area contributed by atoms with Crippen LogP contribution in [0.15, 0.2) is 29.4 Å². The van der Waals surface area contributed by atoms with Crippen molar-refractivity contribution in [3.63, 3.8) is 0 Å². The molecule has 1 aromatic rings. The number of rotatable bonds is 1. The number of imide groups is 1. The summed E-state index contributed by atoms with van der Waals surface area (Å²) in [7, 11) is 0. The molecule has 1 atom stereocenters. The molecule has 6 heteroatoms. The minimum atomic E-state index is -0.851. The van der Waals surface area contributed by atoms with Crippen LogP contribution in [0.3, 0.4) is 0 Å². The van der Waals surface area contributed by atoms with Crippen LogP contribution >= 0.6 is 0 Å². The predicted octanol–water partition coefficient (Wildman–Crippen LogP) is 0.0778. The van der Waals surface area contributed by atoms with Crippen LogP contribution in [0, 0.1) is 0 Å². The van der Waals surface area contributed by atoms with Crippen LogP contribution in [-0.2, 0) is 4.79 Å². The molecule has 1 aliphatic heterocycles. The van der Waals surface area contributed by atoms with Crippen molar-refractivity contribution in [2.75, 3.05) is 0 Å². The van der Waals surface area contributed by atoms with Crippen LogP contribution in [0.5, 0.6) is 5.75 Å². The van der Waals surface area contributed by atoms with E-state index in [0.717, 1.165) is 5.01 Å². The van der Waals surface area contributed by atoms with Gasteiger partial charge in [-0.25, -0.2) is 0 Å². The standard InChI is InChI=1S/C11H11N3O3/c1-6-9(12)11(17)14(13-6)10(16)7-2-4-8(15)5-3-7/h2-5,9,15H,12H2,1H3. The molecular formula is C11H11N3O3. The quantitative estimate of drug-likeness (QED) is 0.671. The molecule has 1 heterocycles. The molecule has 1 aromatic carbocycles. The first-order valence-electron chi connectivity index (χ1n) is 4.98. The Labute approximate surface area is 97.3 Å². The lowest BCUT2D eigenvalue weighted by atomic mass is 10.2. The average molecular weight is 233 g/mol. The zero-order valence-electron chi connectivity index (χ0n) is 9.12. The molecule has 3 N–H and O–H groups in total. The number of nitrogens with zero attached hydrogens (tertiary/aromatic N) is 2. The Balaban J connectivity index is 2.28. The topological polar surface area (TPSA) is 96.0 Å². The Bertz CT molecular complexity index is 507. The molecule has 2 amide bonds. The van der Waals surface area contributed by atoms with Crippen LogP contribution in [-0.4, -0.2) is 33.7 Å². The molecule has 0 bridgehead atoms. The maximum Gasteiger partial charge on any atom is 0.281 e. The Morgan fingerprint density at radius 3 is 2.47 bits per heavy atom. The van der Waals surface area contributed by atoms with Gasteiger partial charge in [-0.1, -0.05) is 0 Å². The number of hydrogen-bond donors (Lipinski definition) is 2. The van der Waals surface area contributed by atoms with Crippen molar-refractivity contribution in [2.45, 2.75) is 13.0 Å². The summed E-state index contributed by atoms with van der Waals surface area (Å²) in [4.78, 5) is 23.5. The number of nitrogens with two attached hydrogens (primary N) is 1. The van der Waals surface area contributed by atoms with Gasteiger partial charge in [-0.3, -0.25) is 9.59 Å². The molecule has 17 heavy (non-hydrogen) atoms. The lowest BCUT2D eigenvalue weighted by molar-refractivity contribution is -0.127. The van der Waals surface area contributed by atoms with E-state index in [0.29, 0.717) is 5.71 Å². The molecule has 0 saturated carbocycles. The number of carbonyl (C=O) groups excluding carboxylic acids is 2. The number of aromatic hydroxyl groups is 1. The highest BCUT2D eigenvalue weighted by Crippen LogP contribution is 2.15. The fourth-order valence-electron chi connectivity index (χ4n) is 1.45. The Hall–Kier alpha value is -2.21. The van der Waals surface area contributed by atoms with E-state index in [4.69, 9.17) is 10.8 Å². The van der Waals surface area contributed by atoms with Gasteiger partial charge >= 0.3 is 0 Å². The first-order chi connectivity index (χ1) is 8.00. The van der Waals surface area contributed by atoms with Gasteiger partial charge in [-0.15, -0.1) is 0 Å². The number of carbonyl (C=O) groups is 2. The fraction of sp³-hybridized carbons (Fsp3) is 0.182. The Morgan fingerprint density at radius 1 is 1.41 bits per heavy atom. The first kappa shape index (κ1) is 11.3. The van der Waals surface area contributed by atoms with Gasteiger partial charge in [0.1, 0.15) is 11.8 Å². The number of amides is 2. The second-order valence-corrected chi connectivity index (χ2v) is 3.72. The van der Waals surface area contributed by atoms with Crippen molar-refractivity contribution in [1.82, 2.24) is 5.01 Å². The van der Waals surface area contributed by atoms with Crippen LogP contribution < -0.4 is 5.73 Å². The third-order valence-electron chi connectivity index (χ3n) is 2.49. The van der Waals surface area contributed by atoms with E-state index in [2.05, 4.69) is 5.10 Å². The van der Waals surface area contributed by atoms with E-state index >= 15 is 0 Å². The molecule has 0 spiro atoms. The van der Waals surface area contributed by atoms with Crippen molar-refractivity contribution in [3.05, 3.63) is 29.8 Å². The molecule has 2 rings (SSSR count). The maximum absolute atomic E-state index is 11.9. The van der Waals surface area contributed by atoms with E-state index in [-0.39, 0.29) is 11.3 Å². The zero-order valence-corrected chi connectivity index (χ0v) is 9.12. The van der Waals surface area contributed by atoms with Crippen molar-refractivity contribution in [1.29, 1.82) is 0 Å². The molecule has 0 aromatic heterocycles. The SMILES string of the molecule is CC1=NN(C(=O)c2ccc(O)cc2)C(=O)C1N. The lowest BCUT2D eigenvalue weighted by Gasteiger charge is -2.10. The van der Waals surface area contributed by atoms with Gasteiger partial charge in [-0.2, -0.15) is 10.1 Å². The minimum Gasteiger partial charge on any atom is -0.508 e. The zero-order chi connectivity index (χ0) is 12.6. The van der Waals surface area contributed by atoms with Crippen LogP contribution in [0.4, 0.5) is 0 Å². The van der Waals surface area contributed by atoms with Gasteiger partial charge in [-0.05, 0) is 31.2 Å². The third kappa shape index (κ3) is 1.90. The molecule has 88 valence electrons. The van der Waals surface area contributed by atoms with Crippen molar-refractivity contribution >= 4 is 17.5 Å². The summed E-state index contributed by atoms with van der Waals surface area (Å²) in [5.41, 5.74) is 6.21. The molecular weight excluding hydrogens is 222 g/mol. The third-order valence-corrected chi connectivity index (χ3v) is 2.49. The molecule has 1 unspecified atom stereocenters. The Kier molecular flexibility index (Phi) is 2.64. The summed E-state index contributed by atoms with van der Waals surface area (Å²) in [6, 6.07) is 4.71. The van der Waals surface area contributed by atoms with E-state index < -0.39 is 17.9 Å². The van der Waals surface area contributed by atoms with Crippen LogP contribution in [0.25, 0.3) is 0 Å². The largest absolute Gasteiger partial charge is 0.508 e. The normalized spacial score (nSPS) is 19.4. The number of benzene rings is 1. The summed E-state index contributed by atoms with van der Waals surface area (Å²) in [5, 5.41) is 13.7. The van der Waals surface area contributed by atoms with E-state index in [1.807, 2.05) is 0 Å². The highest BCUT2D eigenvalue weighted by Gasteiger charge is 2.34. The number of phenols is 1. The molecule has 1 aliphatic rings. The molecule has 0 radical (unpaired) electrons. The average Bonchev–Trinajstić information content (AvgIpc) is 2.57. The smallest absolute Gasteiger partial charge is 0.281 e. The molecule has 0 saturated heterocycles. The lowest BCUT2D eigenvalue weighted by Crippen LogP contribution is -2.40. The number of hydrogen-bond acceptors (Lipinski definition) is 5. The molecule has 0 fully saturated rings. The van der Waals surface area contributed by atoms with E-state index in [9.17, 15) is 9.59 Å². The second kappa shape index (κ2) is 3.99. The summed E-state index contributed by atoms with van der Waals surface area (Å²) < 4.78 is 0. The summed E-state index contributed by atoms with van der Waals surface area (Å²) >= 11 is 0. The molecule has 0 aliphatic carbocycles. The Morgan fingerprint density at radius 2 is 2.00 bits per heavy atom. The predicted molar refractivity (Wildman–Crippen MR) is 60.4 cm³/mol. The van der Waals surface area contributed by atoms with Crippen molar-refractivity contribution in [3.8, 4) is 5.75 Å². The molecule has 6 nitrogen and oxygen atoms in total. The second-order valence-electron chi connectivity index (χ2n) is 3.72. The first-order valence-corrected chi connectivity index (χ1v) is 4.98.